The Morgan fingerprint density at radius 3 is 2.68 bits per heavy atom. The Kier molecular flexibility index (Phi) is 5.30. The van der Waals surface area contributed by atoms with E-state index in [1.807, 2.05) is 55.1 Å². The molecule has 6 rings (SSSR count). The maximum Gasteiger partial charge on any atom is 0.300 e. The lowest BCUT2D eigenvalue weighted by Gasteiger charge is -2.25. The number of aromatic nitrogens is 1. The van der Waals surface area contributed by atoms with E-state index < -0.39 is 17.7 Å². The van der Waals surface area contributed by atoms with Crippen LogP contribution in [-0.4, -0.2) is 34.6 Å². The van der Waals surface area contributed by atoms with Gasteiger partial charge < -0.3 is 19.1 Å². The van der Waals surface area contributed by atoms with E-state index in [0.29, 0.717) is 23.4 Å². The number of carbonyl (C=O) groups excluding carboxylic acids is 2. The van der Waals surface area contributed by atoms with E-state index in [0.717, 1.165) is 27.8 Å². The Hall–Kier alpha value is -4.52. The number of aliphatic hydroxyl groups excluding tert-OH is 1. The smallest absolute Gasteiger partial charge is 0.300 e. The van der Waals surface area contributed by atoms with E-state index in [2.05, 4.69) is 0 Å². The number of benzene rings is 3. The molecule has 0 saturated carbocycles. The zero-order valence-electron chi connectivity index (χ0n) is 20.8. The second-order valence-corrected chi connectivity index (χ2v) is 9.54. The number of amides is 1. The van der Waals surface area contributed by atoms with Gasteiger partial charge in [-0.05, 0) is 48.9 Å². The summed E-state index contributed by atoms with van der Waals surface area (Å²) in [6.07, 6.45) is 2.67. The number of rotatable bonds is 4. The number of methoxy groups -OCH3 is 1. The van der Waals surface area contributed by atoms with Crippen LogP contribution in [-0.2, 0) is 23.1 Å². The molecule has 2 aliphatic rings. The highest BCUT2D eigenvalue weighted by Gasteiger charge is 2.48. The van der Waals surface area contributed by atoms with Crippen molar-refractivity contribution in [1.82, 2.24) is 4.57 Å². The van der Waals surface area contributed by atoms with Gasteiger partial charge >= 0.3 is 0 Å². The van der Waals surface area contributed by atoms with E-state index in [-0.39, 0.29) is 17.4 Å². The van der Waals surface area contributed by atoms with Crippen LogP contribution in [0.3, 0.4) is 0 Å². The van der Waals surface area contributed by atoms with Crippen LogP contribution in [0.4, 0.5) is 5.69 Å². The van der Waals surface area contributed by atoms with Crippen molar-refractivity contribution in [3.05, 3.63) is 95.2 Å². The summed E-state index contributed by atoms with van der Waals surface area (Å²) in [5, 5.41) is 12.5. The van der Waals surface area contributed by atoms with Crippen molar-refractivity contribution in [1.29, 1.82) is 0 Å². The minimum atomic E-state index is -0.832. The first-order valence-electron chi connectivity index (χ1n) is 12.2. The molecule has 7 heteroatoms. The third-order valence-electron chi connectivity index (χ3n) is 7.17. The molecule has 0 aliphatic carbocycles. The summed E-state index contributed by atoms with van der Waals surface area (Å²) in [5.41, 5.74) is 3.70. The molecule has 3 heterocycles. The number of carbonyl (C=O) groups is 2. The van der Waals surface area contributed by atoms with Gasteiger partial charge in [0.15, 0.2) is 0 Å². The van der Waals surface area contributed by atoms with Gasteiger partial charge in [-0.25, -0.2) is 0 Å². The average Bonchev–Trinajstić information content (AvgIpc) is 3.53. The van der Waals surface area contributed by atoms with E-state index >= 15 is 0 Å². The maximum atomic E-state index is 13.6. The molecule has 0 bridgehead atoms. The van der Waals surface area contributed by atoms with Crippen LogP contribution < -0.4 is 14.4 Å². The van der Waals surface area contributed by atoms with E-state index in [9.17, 15) is 14.7 Å². The normalized spacial score (nSPS) is 20.4. The van der Waals surface area contributed by atoms with Crippen LogP contribution in [0.2, 0.25) is 0 Å². The molecule has 2 aliphatic heterocycles. The highest BCUT2D eigenvalue weighted by molar-refractivity contribution is 6.52. The zero-order chi connectivity index (χ0) is 25.8. The molecule has 3 aromatic carbocycles. The summed E-state index contributed by atoms with van der Waals surface area (Å²) < 4.78 is 13.2. The Morgan fingerprint density at radius 1 is 1.05 bits per heavy atom. The fourth-order valence-corrected chi connectivity index (χ4v) is 5.47. The Labute approximate surface area is 214 Å². The first-order chi connectivity index (χ1) is 17.9. The average molecular weight is 495 g/mol. The SMILES string of the molecule is COc1cccc(N2C(=O)C(=O)/C(=C(/O)c3ccc4c(c3)CC(C)O4)C2c2cn(C)c3ccccc23)c1. The second-order valence-electron chi connectivity index (χ2n) is 9.54. The number of Topliss-reactive ketones (excluding diaryl/α,β-unsaturated/α-hetero) is 1. The van der Waals surface area contributed by atoms with Crippen molar-refractivity contribution < 1.29 is 24.2 Å². The molecule has 0 radical (unpaired) electrons. The van der Waals surface area contributed by atoms with E-state index in [4.69, 9.17) is 9.47 Å². The number of fused-ring (bicyclic) bond motifs is 2. The number of ether oxygens (including phenoxy) is 2. The van der Waals surface area contributed by atoms with Crippen molar-refractivity contribution in [2.75, 3.05) is 12.0 Å². The number of anilines is 1. The van der Waals surface area contributed by atoms with Crippen LogP contribution in [0.15, 0.2) is 78.5 Å². The first kappa shape index (κ1) is 22.9. The molecular formula is C30H26N2O5. The van der Waals surface area contributed by atoms with Gasteiger partial charge in [0.2, 0.25) is 0 Å². The molecule has 1 aromatic heterocycles. The molecule has 1 amide bonds. The Morgan fingerprint density at radius 2 is 1.86 bits per heavy atom. The van der Waals surface area contributed by atoms with Crippen molar-refractivity contribution in [3.63, 3.8) is 0 Å². The molecule has 4 aromatic rings. The number of hydrogen-bond donors (Lipinski definition) is 1. The highest BCUT2D eigenvalue weighted by Crippen LogP contribution is 2.45. The molecular weight excluding hydrogens is 468 g/mol. The van der Waals surface area contributed by atoms with Gasteiger partial charge in [0.1, 0.15) is 23.4 Å². The fraction of sp³-hybridized carbons (Fsp3) is 0.200. The Balaban J connectivity index is 1.59. The predicted octanol–water partition coefficient (Wildman–Crippen LogP) is 5.14. The third kappa shape index (κ3) is 3.57. The van der Waals surface area contributed by atoms with Crippen LogP contribution in [0, 0.1) is 0 Å². The molecule has 1 fully saturated rings. The summed E-state index contributed by atoms with van der Waals surface area (Å²) in [6.45, 7) is 1.99. The van der Waals surface area contributed by atoms with Gasteiger partial charge in [-0.2, -0.15) is 0 Å². The minimum absolute atomic E-state index is 0.0433. The maximum absolute atomic E-state index is 13.6. The monoisotopic (exact) mass is 494 g/mol. The number of aryl methyl sites for hydroxylation is 1. The van der Waals surface area contributed by atoms with E-state index in [1.54, 1.807) is 43.5 Å². The molecule has 1 saturated heterocycles. The van der Waals surface area contributed by atoms with Crippen molar-refractivity contribution in [2.24, 2.45) is 7.05 Å². The first-order valence-corrected chi connectivity index (χ1v) is 12.2. The molecule has 2 atom stereocenters. The number of para-hydroxylation sites is 1. The van der Waals surface area contributed by atoms with Crippen LogP contribution in [0.1, 0.15) is 29.7 Å². The van der Waals surface area contributed by atoms with Crippen molar-refractivity contribution in [3.8, 4) is 11.5 Å². The van der Waals surface area contributed by atoms with Crippen LogP contribution in [0.25, 0.3) is 16.7 Å². The van der Waals surface area contributed by atoms with Gasteiger partial charge in [-0.15, -0.1) is 0 Å². The Bertz CT molecular complexity index is 1620. The fourth-order valence-electron chi connectivity index (χ4n) is 5.47. The van der Waals surface area contributed by atoms with Crippen molar-refractivity contribution in [2.45, 2.75) is 25.5 Å². The summed E-state index contributed by atoms with van der Waals surface area (Å²) in [5.74, 6) is -0.312. The quantitative estimate of drug-likeness (QED) is 0.242. The molecule has 37 heavy (non-hydrogen) atoms. The summed E-state index contributed by atoms with van der Waals surface area (Å²) in [6, 6.07) is 19.4. The largest absolute Gasteiger partial charge is 0.507 e. The zero-order valence-corrected chi connectivity index (χ0v) is 20.8. The molecule has 2 unspecified atom stereocenters. The molecule has 7 nitrogen and oxygen atoms in total. The van der Waals surface area contributed by atoms with Gasteiger partial charge in [0.05, 0.1) is 18.7 Å². The standard InChI is InChI=1S/C30H26N2O5/c1-17-13-19-14-18(11-12-25(19)37-17)28(33)26-27(23-16-31(2)24-10-5-4-9-22(23)24)32(30(35)29(26)34)20-7-6-8-21(15-20)36-3/h4-12,14-17,27,33H,13H2,1-3H3/b28-26+. The highest BCUT2D eigenvalue weighted by atomic mass is 16.5. The van der Waals surface area contributed by atoms with Gasteiger partial charge in [0, 0.05) is 53.4 Å². The molecule has 1 N–H and O–H groups in total. The minimum Gasteiger partial charge on any atom is -0.507 e. The number of hydrogen-bond acceptors (Lipinski definition) is 5. The van der Waals surface area contributed by atoms with Crippen molar-refractivity contribution >= 4 is 34.0 Å². The number of aliphatic hydroxyl groups is 1. The van der Waals surface area contributed by atoms with E-state index in [1.165, 1.54) is 4.90 Å². The number of nitrogens with zero attached hydrogens (tertiary/aromatic N) is 2. The number of ketones is 1. The predicted molar refractivity (Wildman–Crippen MR) is 141 cm³/mol. The molecule has 186 valence electrons. The van der Waals surface area contributed by atoms with Gasteiger partial charge in [-0.3, -0.25) is 14.5 Å². The summed E-state index contributed by atoms with van der Waals surface area (Å²) >= 11 is 0. The van der Waals surface area contributed by atoms with Gasteiger partial charge in [0.25, 0.3) is 11.7 Å². The molecule has 0 spiro atoms. The topological polar surface area (TPSA) is 81.0 Å². The lowest BCUT2D eigenvalue weighted by Crippen LogP contribution is -2.29. The third-order valence-corrected chi connectivity index (χ3v) is 7.17. The summed E-state index contributed by atoms with van der Waals surface area (Å²) in [4.78, 5) is 28.6. The van der Waals surface area contributed by atoms with Crippen LogP contribution >= 0.6 is 0 Å². The summed E-state index contributed by atoms with van der Waals surface area (Å²) in [7, 11) is 3.47. The lowest BCUT2D eigenvalue weighted by atomic mass is 9.94. The van der Waals surface area contributed by atoms with Gasteiger partial charge in [-0.1, -0.05) is 24.3 Å². The lowest BCUT2D eigenvalue weighted by molar-refractivity contribution is -0.132. The van der Waals surface area contributed by atoms with Crippen LogP contribution in [0.5, 0.6) is 11.5 Å². The second kappa shape index (κ2) is 8.55.